The summed E-state index contributed by atoms with van der Waals surface area (Å²) in [6.45, 7) is 2.08. The van der Waals surface area contributed by atoms with E-state index < -0.39 is 10.9 Å². The topological polar surface area (TPSA) is 132 Å². The van der Waals surface area contributed by atoms with Crippen molar-refractivity contribution in [3.63, 3.8) is 0 Å². The number of nitro benzene ring substituents is 1. The lowest BCUT2D eigenvalue weighted by molar-refractivity contribution is -0.385. The number of methoxy groups -OCH3 is 2. The average molecular weight is 457 g/mol. The Hall–Kier alpha value is -3.86. The van der Waals surface area contributed by atoms with Gasteiger partial charge in [0.25, 0.3) is 11.6 Å². The van der Waals surface area contributed by atoms with Crippen LogP contribution in [-0.2, 0) is 4.79 Å². The van der Waals surface area contributed by atoms with Crippen LogP contribution in [0, 0.1) is 10.1 Å². The van der Waals surface area contributed by atoms with Crippen molar-refractivity contribution in [3.8, 4) is 11.5 Å². The van der Waals surface area contributed by atoms with Gasteiger partial charge in [0.2, 0.25) is 0 Å². The Morgan fingerprint density at radius 2 is 1.94 bits per heavy atom. The molecule has 1 fully saturated rings. The molecule has 0 aliphatic carbocycles. The van der Waals surface area contributed by atoms with Crippen LogP contribution in [0.15, 0.2) is 46.3 Å². The summed E-state index contributed by atoms with van der Waals surface area (Å²) in [5.74, 6) is -0.972. The summed E-state index contributed by atoms with van der Waals surface area (Å²) in [6, 6.07) is 8.69. The predicted molar refractivity (Wildman–Crippen MR) is 120 cm³/mol. The predicted octanol–water partition coefficient (Wildman–Crippen LogP) is 3.93. The highest BCUT2D eigenvalue weighted by Crippen LogP contribution is 2.39. The third-order valence-electron chi connectivity index (χ3n) is 4.54. The molecule has 0 bridgehead atoms. The Morgan fingerprint density at radius 1 is 1.25 bits per heavy atom. The lowest BCUT2D eigenvalue weighted by Gasteiger charge is -2.12. The Morgan fingerprint density at radius 3 is 2.53 bits per heavy atom. The maximum Gasteiger partial charge on any atom is 0.335 e. The smallest absolute Gasteiger partial charge is 0.335 e. The van der Waals surface area contributed by atoms with E-state index >= 15 is 0 Å². The summed E-state index contributed by atoms with van der Waals surface area (Å²) in [5.41, 5.74) is 0.373. The van der Waals surface area contributed by atoms with Gasteiger partial charge >= 0.3 is 5.97 Å². The fourth-order valence-corrected chi connectivity index (χ4v) is 4.04. The number of aliphatic imine (C=N–C) groups is 1. The van der Waals surface area contributed by atoms with Crippen LogP contribution in [0.5, 0.6) is 11.5 Å². The fraction of sp³-hybridized carbons (Fsp3) is 0.190. The lowest BCUT2D eigenvalue weighted by Crippen LogP contribution is -2.28. The second-order valence-electron chi connectivity index (χ2n) is 6.43. The van der Waals surface area contributed by atoms with Crippen LogP contribution >= 0.6 is 11.8 Å². The Bertz CT molecular complexity index is 1160. The molecule has 1 heterocycles. The number of carbonyl (C=O) groups is 2. The molecule has 0 saturated carbocycles. The zero-order valence-electron chi connectivity index (χ0n) is 17.4. The van der Waals surface area contributed by atoms with E-state index in [9.17, 15) is 19.7 Å². The first-order valence-electron chi connectivity index (χ1n) is 9.32. The number of nitro groups is 1. The molecule has 0 atom stereocenters. The highest BCUT2D eigenvalue weighted by Gasteiger charge is 2.33. The molecule has 10 nitrogen and oxygen atoms in total. The van der Waals surface area contributed by atoms with E-state index in [1.165, 1.54) is 49.5 Å². The monoisotopic (exact) mass is 457 g/mol. The highest BCUT2D eigenvalue weighted by atomic mass is 32.2. The van der Waals surface area contributed by atoms with Crippen molar-refractivity contribution in [1.29, 1.82) is 0 Å². The van der Waals surface area contributed by atoms with Gasteiger partial charge in [0.1, 0.15) is 0 Å². The number of ether oxygens (including phenoxy) is 2. The molecule has 1 saturated heterocycles. The Balaban J connectivity index is 2.05. The first-order valence-corrected chi connectivity index (χ1v) is 10.1. The molecule has 1 aliphatic rings. The number of benzene rings is 2. The second-order valence-corrected chi connectivity index (χ2v) is 7.44. The summed E-state index contributed by atoms with van der Waals surface area (Å²) in [7, 11) is 2.78. The van der Waals surface area contributed by atoms with Crippen LogP contribution in [0.3, 0.4) is 0 Å². The van der Waals surface area contributed by atoms with Gasteiger partial charge in [0, 0.05) is 6.54 Å². The van der Waals surface area contributed by atoms with Crippen LogP contribution in [0.4, 0.5) is 11.4 Å². The van der Waals surface area contributed by atoms with Crippen molar-refractivity contribution in [1.82, 2.24) is 4.90 Å². The van der Waals surface area contributed by atoms with Gasteiger partial charge in [-0.1, -0.05) is 6.07 Å². The number of aromatic carboxylic acids is 1. The molecular formula is C21H19N3O7S. The molecule has 2 aromatic carbocycles. The van der Waals surface area contributed by atoms with Crippen molar-refractivity contribution in [3.05, 3.63) is 62.5 Å². The van der Waals surface area contributed by atoms with Crippen molar-refractivity contribution < 1.29 is 29.1 Å². The second kappa shape index (κ2) is 9.52. The van der Waals surface area contributed by atoms with E-state index in [2.05, 4.69) is 4.99 Å². The van der Waals surface area contributed by atoms with Crippen LogP contribution in [0.25, 0.3) is 6.08 Å². The van der Waals surface area contributed by atoms with Crippen LogP contribution < -0.4 is 9.47 Å². The minimum absolute atomic E-state index is 0.0703. The molecular weight excluding hydrogens is 438 g/mol. The van der Waals surface area contributed by atoms with Gasteiger partial charge in [-0.3, -0.25) is 19.8 Å². The largest absolute Gasteiger partial charge is 0.493 e. The van der Waals surface area contributed by atoms with E-state index in [0.29, 0.717) is 17.4 Å². The normalized spacial score (nSPS) is 16.0. The number of likely N-dealkylation sites (N-methyl/N-ethyl adjacent to an activating group) is 1. The number of thioether (sulfide) groups is 1. The minimum Gasteiger partial charge on any atom is -0.493 e. The van der Waals surface area contributed by atoms with E-state index in [1.54, 1.807) is 19.1 Å². The maximum absolute atomic E-state index is 12.9. The summed E-state index contributed by atoms with van der Waals surface area (Å²) >= 11 is 1.04. The number of carboxylic acids is 1. The zero-order chi connectivity index (χ0) is 23.4. The summed E-state index contributed by atoms with van der Waals surface area (Å²) in [6.07, 6.45) is 1.41. The molecule has 1 N–H and O–H groups in total. The third-order valence-corrected chi connectivity index (χ3v) is 5.54. The quantitative estimate of drug-likeness (QED) is 0.376. The van der Waals surface area contributed by atoms with E-state index in [0.717, 1.165) is 11.8 Å². The van der Waals surface area contributed by atoms with Crippen LogP contribution in [0.2, 0.25) is 0 Å². The number of carbonyl (C=O) groups excluding carboxylic acids is 1. The van der Waals surface area contributed by atoms with Gasteiger partial charge in [0.15, 0.2) is 16.7 Å². The van der Waals surface area contributed by atoms with Gasteiger partial charge in [-0.15, -0.1) is 0 Å². The molecule has 2 aromatic rings. The van der Waals surface area contributed by atoms with Crippen molar-refractivity contribution >= 4 is 46.3 Å². The van der Waals surface area contributed by atoms with Crippen molar-refractivity contribution in [2.45, 2.75) is 6.92 Å². The van der Waals surface area contributed by atoms with Gasteiger partial charge in [0.05, 0.1) is 46.9 Å². The van der Waals surface area contributed by atoms with E-state index in [-0.39, 0.29) is 39.1 Å². The highest BCUT2D eigenvalue weighted by molar-refractivity contribution is 8.18. The van der Waals surface area contributed by atoms with Gasteiger partial charge < -0.3 is 14.6 Å². The average Bonchev–Trinajstić information content (AvgIpc) is 3.06. The SMILES string of the molecule is CCN1C(=O)/C(=C/c2cc(OC)c(OC)cc2[N+](=O)[O-])SC1=Nc1cccc(C(=O)O)c1. The molecule has 11 heteroatoms. The number of amides is 1. The molecule has 0 unspecified atom stereocenters. The molecule has 0 radical (unpaired) electrons. The maximum atomic E-state index is 12.9. The molecule has 166 valence electrons. The number of nitrogens with zero attached hydrogens (tertiary/aromatic N) is 3. The standard InChI is InChI=1S/C21H19N3O7S/c1-4-23-19(25)18(32-21(23)22-14-7-5-6-12(8-14)20(26)27)10-13-9-16(30-2)17(31-3)11-15(13)24(28)29/h5-11H,4H2,1-3H3,(H,26,27)/b18-10-,22-21?. The number of amidine groups is 1. The minimum atomic E-state index is -1.09. The Kier molecular flexibility index (Phi) is 6.79. The fourth-order valence-electron chi connectivity index (χ4n) is 2.99. The third kappa shape index (κ3) is 4.57. The lowest BCUT2D eigenvalue weighted by atomic mass is 10.1. The number of hydrogen-bond donors (Lipinski definition) is 1. The summed E-state index contributed by atoms with van der Waals surface area (Å²) in [5, 5.41) is 21.1. The van der Waals surface area contributed by atoms with Crippen LogP contribution in [-0.4, -0.2) is 52.7 Å². The summed E-state index contributed by atoms with van der Waals surface area (Å²) < 4.78 is 10.4. The zero-order valence-corrected chi connectivity index (χ0v) is 18.2. The molecule has 0 aromatic heterocycles. The van der Waals surface area contributed by atoms with E-state index in [1.807, 2.05) is 0 Å². The molecule has 1 amide bonds. The summed E-state index contributed by atoms with van der Waals surface area (Å²) in [4.78, 5) is 41.2. The van der Waals surface area contributed by atoms with Crippen LogP contribution in [0.1, 0.15) is 22.8 Å². The van der Waals surface area contributed by atoms with E-state index in [4.69, 9.17) is 14.6 Å². The molecule has 32 heavy (non-hydrogen) atoms. The Labute approximate surface area is 187 Å². The van der Waals surface area contributed by atoms with Crippen molar-refractivity contribution in [2.75, 3.05) is 20.8 Å². The number of carboxylic acid groups (broad SMARTS) is 1. The molecule has 0 spiro atoms. The van der Waals surface area contributed by atoms with Gasteiger partial charge in [-0.2, -0.15) is 0 Å². The van der Waals surface area contributed by atoms with Crippen molar-refractivity contribution in [2.24, 2.45) is 4.99 Å². The first kappa shape index (κ1) is 22.8. The molecule has 1 aliphatic heterocycles. The van der Waals surface area contributed by atoms with Gasteiger partial charge in [-0.25, -0.2) is 9.79 Å². The molecule has 3 rings (SSSR count). The first-order chi connectivity index (χ1) is 15.3. The number of rotatable bonds is 7. The number of hydrogen-bond acceptors (Lipinski definition) is 8. The van der Waals surface area contributed by atoms with Gasteiger partial charge in [-0.05, 0) is 49.0 Å².